The van der Waals surface area contributed by atoms with Crippen molar-refractivity contribution in [3.8, 4) is 23.0 Å². The third-order valence-corrected chi connectivity index (χ3v) is 12.2. The number of hydrogen-bond acceptors (Lipinski definition) is 4. The van der Waals surface area contributed by atoms with Crippen LogP contribution in [-0.4, -0.2) is 20.4 Å². The van der Waals surface area contributed by atoms with Gasteiger partial charge < -0.3 is 20.4 Å². The van der Waals surface area contributed by atoms with Crippen molar-refractivity contribution in [1.82, 2.24) is 0 Å². The molecule has 0 aliphatic heterocycles. The van der Waals surface area contributed by atoms with E-state index in [4.69, 9.17) is 0 Å². The number of rotatable bonds is 24. The second kappa shape index (κ2) is 23.0. The van der Waals surface area contributed by atoms with Gasteiger partial charge in [-0.3, -0.25) is 0 Å². The molecule has 2 unspecified atom stereocenters. The maximum atomic E-state index is 12.2. The lowest BCUT2D eigenvalue weighted by Gasteiger charge is -2.28. The Labute approximate surface area is 353 Å². The minimum atomic E-state index is -0.147. The van der Waals surface area contributed by atoms with Crippen molar-refractivity contribution in [2.45, 2.75) is 196 Å². The van der Waals surface area contributed by atoms with Gasteiger partial charge in [-0.05, 0) is 102 Å². The molecule has 0 radical (unpaired) electrons. The van der Waals surface area contributed by atoms with Gasteiger partial charge in [0.05, 0.1) is 0 Å². The number of phenolic OH excluding ortho intramolecular Hbond substituents is 4. The van der Waals surface area contributed by atoms with E-state index in [-0.39, 0.29) is 17.8 Å². The van der Waals surface area contributed by atoms with Gasteiger partial charge in [-0.15, -0.1) is 0 Å². The average Bonchev–Trinajstić information content (AvgIpc) is 3.20. The molecule has 2 atom stereocenters. The van der Waals surface area contributed by atoms with Gasteiger partial charge in [0.25, 0.3) is 0 Å². The normalized spacial score (nSPS) is 13.2. The Morgan fingerprint density at radius 2 is 0.586 bits per heavy atom. The molecule has 0 heterocycles. The Hall–Kier alpha value is -3.92. The van der Waals surface area contributed by atoms with Crippen LogP contribution in [0.2, 0.25) is 0 Å². The largest absolute Gasteiger partial charge is 0.507 e. The van der Waals surface area contributed by atoms with Crippen molar-refractivity contribution in [2.75, 3.05) is 0 Å². The Bertz CT molecular complexity index is 1770. The van der Waals surface area contributed by atoms with Gasteiger partial charge in [0.2, 0.25) is 0 Å². The van der Waals surface area contributed by atoms with Crippen LogP contribution in [0.15, 0.2) is 48.5 Å². The van der Waals surface area contributed by atoms with Crippen LogP contribution >= 0.6 is 0 Å². The van der Waals surface area contributed by atoms with Crippen molar-refractivity contribution < 1.29 is 20.4 Å². The summed E-state index contributed by atoms with van der Waals surface area (Å²) in [4.78, 5) is 0. The van der Waals surface area contributed by atoms with Gasteiger partial charge >= 0.3 is 0 Å². The highest BCUT2D eigenvalue weighted by Gasteiger charge is 2.29. The van der Waals surface area contributed by atoms with Crippen molar-refractivity contribution >= 4 is 0 Å². The monoisotopic (exact) mass is 791 g/mol. The molecule has 4 aromatic rings. The zero-order chi connectivity index (χ0) is 42.4. The quantitative estimate of drug-likeness (QED) is 0.0570. The van der Waals surface area contributed by atoms with Gasteiger partial charge in [0.15, 0.2) is 0 Å². The first-order valence-corrected chi connectivity index (χ1v) is 23.5. The molecule has 0 spiro atoms. The summed E-state index contributed by atoms with van der Waals surface area (Å²) in [6.45, 7) is 19.7. The van der Waals surface area contributed by atoms with Crippen LogP contribution in [0.25, 0.3) is 0 Å². The Morgan fingerprint density at radius 1 is 0.310 bits per heavy atom. The standard InChI is InChI=1S/C54H78O4/c1-10-19-36-28-38(21-12-3)51(55)47(30-36)45(26-17-8)49-34-42(32-40(23-14-5)53(49)57)44(25-16-7)43-33-41(24-15-6)54(58)50(35-43)46(27-18-9)48-31-37(20-11-2)29-39(22-13-4)52(48)56/h28-35,44-46,55-58H,10-27H2,1-9H3. The lowest BCUT2D eigenvalue weighted by atomic mass is 9.77. The van der Waals surface area contributed by atoms with Crippen LogP contribution in [-0.2, 0) is 38.5 Å². The first-order chi connectivity index (χ1) is 28.0. The summed E-state index contributed by atoms with van der Waals surface area (Å²) in [6, 6.07) is 17.8. The molecule has 0 aromatic heterocycles. The molecule has 0 saturated heterocycles. The van der Waals surface area contributed by atoms with Crippen LogP contribution in [0.5, 0.6) is 23.0 Å². The average molecular weight is 791 g/mol. The molecule has 0 bridgehead atoms. The number of aromatic hydroxyl groups is 4. The van der Waals surface area contributed by atoms with Crippen LogP contribution in [0.1, 0.15) is 224 Å². The fourth-order valence-electron chi connectivity index (χ4n) is 9.58. The SMILES string of the molecule is CCCc1cc(CCC)c(O)c(C(CCC)c2cc(C(CCC)c3cc(CCC)c(O)c(C(CCC)c4cc(CCC)cc(CCC)c4O)c3)cc(CCC)c2O)c1. The van der Waals surface area contributed by atoms with E-state index >= 15 is 0 Å². The van der Waals surface area contributed by atoms with E-state index in [1.165, 1.54) is 22.3 Å². The fraction of sp³-hybridized carbons (Fsp3) is 0.556. The lowest BCUT2D eigenvalue weighted by Crippen LogP contribution is -2.11. The number of phenols is 4. The van der Waals surface area contributed by atoms with E-state index in [9.17, 15) is 20.4 Å². The molecule has 4 aromatic carbocycles. The molecule has 318 valence electrons. The van der Waals surface area contributed by atoms with Crippen LogP contribution in [0.3, 0.4) is 0 Å². The third-order valence-electron chi connectivity index (χ3n) is 12.2. The molecule has 4 rings (SSSR count). The second-order valence-corrected chi connectivity index (χ2v) is 17.1. The van der Waals surface area contributed by atoms with Crippen molar-refractivity contribution in [3.63, 3.8) is 0 Å². The Kier molecular flexibility index (Phi) is 18.6. The molecule has 4 heteroatoms. The molecular weight excluding hydrogens is 713 g/mol. The predicted octanol–water partition coefficient (Wildman–Crippen LogP) is 15.0. The first-order valence-electron chi connectivity index (χ1n) is 23.5. The van der Waals surface area contributed by atoms with E-state index in [0.29, 0.717) is 23.0 Å². The molecule has 4 N–H and O–H groups in total. The summed E-state index contributed by atoms with van der Waals surface area (Å²) in [5, 5.41) is 48.2. The van der Waals surface area contributed by atoms with Crippen molar-refractivity contribution in [3.05, 3.63) is 115 Å². The third kappa shape index (κ3) is 11.0. The summed E-state index contributed by atoms with van der Waals surface area (Å²) in [7, 11) is 0. The fourth-order valence-corrected chi connectivity index (χ4v) is 9.58. The highest BCUT2D eigenvalue weighted by atomic mass is 16.3. The van der Waals surface area contributed by atoms with Gasteiger partial charge in [0.1, 0.15) is 23.0 Å². The zero-order valence-corrected chi connectivity index (χ0v) is 37.9. The molecule has 4 nitrogen and oxygen atoms in total. The molecule has 0 amide bonds. The maximum Gasteiger partial charge on any atom is 0.122 e. The van der Waals surface area contributed by atoms with E-state index in [2.05, 4.69) is 111 Å². The minimum Gasteiger partial charge on any atom is -0.507 e. The van der Waals surface area contributed by atoms with E-state index in [1.807, 2.05) is 0 Å². The zero-order valence-electron chi connectivity index (χ0n) is 37.9. The highest BCUT2D eigenvalue weighted by molar-refractivity contribution is 5.58. The smallest absolute Gasteiger partial charge is 0.122 e. The molecule has 58 heavy (non-hydrogen) atoms. The van der Waals surface area contributed by atoms with Crippen LogP contribution in [0.4, 0.5) is 0 Å². The number of aryl methyl sites for hydroxylation is 6. The van der Waals surface area contributed by atoms with E-state index in [1.54, 1.807) is 0 Å². The van der Waals surface area contributed by atoms with Gasteiger partial charge in [-0.25, -0.2) is 0 Å². The summed E-state index contributed by atoms with van der Waals surface area (Å²) in [5.41, 5.74) is 12.5. The van der Waals surface area contributed by atoms with Crippen molar-refractivity contribution in [2.24, 2.45) is 0 Å². The second-order valence-electron chi connectivity index (χ2n) is 17.1. The van der Waals surface area contributed by atoms with Crippen LogP contribution < -0.4 is 0 Å². The topological polar surface area (TPSA) is 80.9 Å². The van der Waals surface area contributed by atoms with Gasteiger partial charge in [-0.1, -0.05) is 169 Å². The van der Waals surface area contributed by atoms with Gasteiger partial charge in [-0.2, -0.15) is 0 Å². The van der Waals surface area contributed by atoms with Crippen molar-refractivity contribution in [1.29, 1.82) is 0 Å². The molecular formula is C54H78O4. The number of hydrogen-bond donors (Lipinski definition) is 4. The Balaban J connectivity index is 2.03. The van der Waals surface area contributed by atoms with E-state index < -0.39 is 0 Å². The number of benzene rings is 4. The first kappa shape index (κ1) is 46.8. The summed E-state index contributed by atoms with van der Waals surface area (Å²) < 4.78 is 0. The van der Waals surface area contributed by atoms with Gasteiger partial charge in [0, 0.05) is 40.0 Å². The molecule has 0 aliphatic rings. The van der Waals surface area contributed by atoms with Crippen LogP contribution in [0, 0.1) is 0 Å². The summed E-state index contributed by atoms with van der Waals surface area (Å²) >= 11 is 0. The molecule has 0 aliphatic carbocycles. The van der Waals surface area contributed by atoms with E-state index in [0.717, 1.165) is 160 Å². The predicted molar refractivity (Wildman–Crippen MR) is 247 cm³/mol. The molecule has 0 fully saturated rings. The molecule has 0 saturated carbocycles. The highest BCUT2D eigenvalue weighted by Crippen LogP contribution is 2.48. The Morgan fingerprint density at radius 3 is 0.879 bits per heavy atom. The lowest BCUT2D eigenvalue weighted by molar-refractivity contribution is 0.442. The summed E-state index contributed by atoms with van der Waals surface area (Å²) in [6.07, 6.45) is 16.3. The maximum absolute atomic E-state index is 12.2. The minimum absolute atomic E-state index is 0.0332. The summed E-state index contributed by atoms with van der Waals surface area (Å²) in [5.74, 6) is 1.23.